The summed E-state index contributed by atoms with van der Waals surface area (Å²) in [7, 11) is 0. The molecule has 350 valence electrons. The van der Waals surface area contributed by atoms with Crippen LogP contribution in [0.1, 0.15) is 84.0 Å². The van der Waals surface area contributed by atoms with Gasteiger partial charge in [-0.2, -0.15) is 11.8 Å². The fourth-order valence-electron chi connectivity index (χ4n) is 5.40. The Balaban J connectivity index is 6.51. The van der Waals surface area contributed by atoms with E-state index in [1.54, 1.807) is 6.26 Å². The van der Waals surface area contributed by atoms with Gasteiger partial charge in [-0.05, 0) is 63.4 Å². The van der Waals surface area contributed by atoms with E-state index in [0.717, 1.165) is 0 Å². The van der Waals surface area contributed by atoms with Crippen molar-refractivity contribution in [2.75, 3.05) is 25.1 Å². The molecule has 0 aromatic carbocycles. The van der Waals surface area contributed by atoms with Gasteiger partial charge in [0.15, 0.2) is 11.9 Å². The van der Waals surface area contributed by atoms with Gasteiger partial charge in [0.25, 0.3) is 0 Å². The lowest BCUT2D eigenvalue weighted by Gasteiger charge is -2.27. The fourth-order valence-corrected chi connectivity index (χ4v) is 5.88. The predicted molar refractivity (Wildman–Crippen MR) is 225 cm³/mol. The predicted octanol–water partition coefficient (Wildman–Crippen LogP) is -4.93. The lowest BCUT2D eigenvalue weighted by atomic mass is 10.0. The van der Waals surface area contributed by atoms with Gasteiger partial charge in [-0.3, -0.25) is 58.8 Å². The van der Waals surface area contributed by atoms with Gasteiger partial charge in [-0.15, -0.1) is 0 Å². The molecule has 27 heteroatoms. The summed E-state index contributed by atoms with van der Waals surface area (Å²) in [6, 6.07) is -8.60. The zero-order valence-corrected chi connectivity index (χ0v) is 35.6. The summed E-state index contributed by atoms with van der Waals surface area (Å²) >= 11 is 1.27. The maximum Gasteiger partial charge on any atom is 0.303 e. The monoisotopic (exact) mass is 902 g/mol. The fraction of sp³-hybridized carbons (Fsp3) is 0.657. The molecule has 0 bridgehead atoms. The lowest BCUT2D eigenvalue weighted by Crippen LogP contribution is -2.59. The van der Waals surface area contributed by atoms with Crippen molar-refractivity contribution >= 4 is 82.9 Å². The molecule has 0 fully saturated rings. The van der Waals surface area contributed by atoms with Gasteiger partial charge in [0.2, 0.25) is 47.3 Å². The van der Waals surface area contributed by atoms with E-state index in [1.165, 1.54) is 18.7 Å². The van der Waals surface area contributed by atoms with E-state index in [4.69, 9.17) is 38.9 Å². The van der Waals surface area contributed by atoms with Gasteiger partial charge in [-0.25, -0.2) is 0 Å². The Morgan fingerprint density at radius 1 is 0.516 bits per heavy atom. The Labute approximate surface area is 362 Å². The van der Waals surface area contributed by atoms with Crippen molar-refractivity contribution in [3.8, 4) is 0 Å². The number of amides is 8. The van der Waals surface area contributed by atoms with Crippen LogP contribution in [-0.4, -0.2) is 143 Å². The number of thioether (sulfide) groups is 1. The summed E-state index contributed by atoms with van der Waals surface area (Å²) in [6.07, 6.45) is -0.948. The van der Waals surface area contributed by atoms with E-state index in [-0.39, 0.29) is 82.1 Å². The Morgan fingerprint density at radius 3 is 1.19 bits per heavy atom. The van der Waals surface area contributed by atoms with E-state index in [2.05, 4.69) is 42.5 Å². The van der Waals surface area contributed by atoms with E-state index >= 15 is 0 Å². The van der Waals surface area contributed by atoms with E-state index < -0.39 is 121 Å². The Hall–Kier alpha value is -6.41. The molecular formula is C35H62N14O12S. The largest absolute Gasteiger partial charge is 0.481 e. The molecule has 0 aliphatic heterocycles. The topological polar surface area (TPSA) is 459 Å². The standard InChI is InChI=1S/C35H62N14O12S/c1-3-25(51)44-20(9-12-26(52)53)30(58)48-22(10-13-27(54)55)32(60)49-23(14-17-62-2)33(61)47-21(8-11-24(36)50)31(59)46-19(7-5-16-43-35(40)41)29(57)45-18(28(37)56)6-4-15-42-34(38)39/h18-23H,3-17H2,1-2H3,(H2,36,50)(H2,37,56)(H,44,51)(H,45,57)(H,46,59)(H,47,61)(H,48,58)(H,49,60)(H,52,53)(H,54,55)(H4,38,39,42)(H4,40,41,43)/t18-,19-,20-,21-,22-,23-/m0/s1. The molecule has 0 aromatic rings. The van der Waals surface area contributed by atoms with Crippen LogP contribution in [0.5, 0.6) is 0 Å². The van der Waals surface area contributed by atoms with Crippen LogP contribution in [-0.2, 0) is 47.9 Å². The van der Waals surface area contributed by atoms with Gasteiger partial charge in [0.1, 0.15) is 36.3 Å². The summed E-state index contributed by atoms with van der Waals surface area (Å²) in [5.41, 5.74) is 21.5. The van der Waals surface area contributed by atoms with Crippen molar-refractivity contribution in [3.05, 3.63) is 0 Å². The Kier molecular flexibility index (Phi) is 27.4. The number of carboxylic acid groups (broad SMARTS) is 2. The van der Waals surface area contributed by atoms with Crippen LogP contribution in [0.4, 0.5) is 0 Å². The van der Waals surface area contributed by atoms with E-state index in [0.29, 0.717) is 0 Å². The number of guanidine groups is 2. The number of nitrogens with two attached hydrogens (primary N) is 4. The van der Waals surface area contributed by atoms with E-state index in [9.17, 15) is 53.1 Å². The van der Waals surface area contributed by atoms with Gasteiger partial charge >= 0.3 is 11.9 Å². The first-order valence-corrected chi connectivity index (χ1v) is 21.0. The van der Waals surface area contributed by atoms with Crippen LogP contribution in [0.25, 0.3) is 0 Å². The van der Waals surface area contributed by atoms with Gasteiger partial charge in [0, 0.05) is 38.8 Å². The third-order valence-corrected chi connectivity index (χ3v) is 9.36. The van der Waals surface area contributed by atoms with Crippen LogP contribution in [0, 0.1) is 10.8 Å². The van der Waals surface area contributed by atoms with Gasteiger partial charge < -0.3 is 75.7 Å². The second kappa shape index (κ2) is 30.6. The maximum absolute atomic E-state index is 13.8. The van der Waals surface area contributed by atoms with Crippen LogP contribution < -0.4 is 65.5 Å². The molecule has 6 atom stereocenters. The summed E-state index contributed by atoms with van der Waals surface area (Å²) in [5, 5.41) is 52.8. The summed E-state index contributed by atoms with van der Waals surface area (Å²) in [5.74, 6) is -10.2. The van der Waals surface area contributed by atoms with Crippen molar-refractivity contribution in [2.24, 2.45) is 22.9 Å². The molecule has 0 aliphatic rings. The van der Waals surface area contributed by atoms with Gasteiger partial charge in [-0.1, -0.05) is 6.92 Å². The highest BCUT2D eigenvalue weighted by molar-refractivity contribution is 7.98. The zero-order valence-electron chi connectivity index (χ0n) is 34.8. The highest BCUT2D eigenvalue weighted by atomic mass is 32.2. The third-order valence-electron chi connectivity index (χ3n) is 8.72. The third kappa shape index (κ3) is 25.3. The quantitative estimate of drug-likeness (QED) is 0.0167. The smallest absolute Gasteiger partial charge is 0.303 e. The molecule has 0 heterocycles. The maximum atomic E-state index is 13.8. The van der Waals surface area contributed by atoms with Crippen LogP contribution in [0.15, 0.2) is 0 Å². The second-order valence-corrected chi connectivity index (χ2v) is 14.8. The first-order chi connectivity index (χ1) is 29.1. The minimum absolute atomic E-state index is 0.0237. The zero-order chi connectivity index (χ0) is 47.4. The second-order valence-electron chi connectivity index (χ2n) is 13.8. The molecule has 0 aromatic heterocycles. The average Bonchev–Trinajstić information content (AvgIpc) is 3.19. The molecular weight excluding hydrogens is 841 g/mol. The molecule has 0 unspecified atom stereocenters. The minimum Gasteiger partial charge on any atom is -0.481 e. The number of aliphatic carboxylic acids is 2. The highest BCUT2D eigenvalue weighted by Gasteiger charge is 2.33. The molecule has 62 heavy (non-hydrogen) atoms. The molecule has 0 rings (SSSR count). The number of carbonyl (C=O) groups is 10. The molecule has 0 spiro atoms. The van der Waals surface area contributed by atoms with Crippen LogP contribution >= 0.6 is 11.8 Å². The normalized spacial score (nSPS) is 13.5. The van der Waals surface area contributed by atoms with Crippen molar-refractivity contribution in [1.82, 2.24) is 42.5 Å². The molecule has 0 aliphatic carbocycles. The van der Waals surface area contributed by atoms with Gasteiger partial charge in [0.05, 0.1) is 0 Å². The molecule has 0 radical (unpaired) electrons. The summed E-state index contributed by atoms with van der Waals surface area (Å²) in [4.78, 5) is 127. The first kappa shape index (κ1) is 55.6. The number of hydrogen-bond donors (Lipinski definition) is 16. The number of rotatable bonds is 33. The Morgan fingerprint density at radius 2 is 0.855 bits per heavy atom. The minimum atomic E-state index is -1.60. The first-order valence-electron chi connectivity index (χ1n) is 19.6. The SMILES string of the molecule is CCC(=O)N[C@@H](CCC(=O)O)C(=O)N[C@@H](CCC(=O)O)C(=O)N[C@@H](CCSC)C(=O)N[C@@H](CCC(N)=O)C(=O)N[C@@H](CCCNC(=N)N)C(=O)N[C@@H](CCCNC(=N)N)C(N)=O. The number of nitrogens with one attached hydrogen (secondary N) is 10. The Bertz CT molecular complexity index is 1600. The van der Waals surface area contributed by atoms with Crippen molar-refractivity contribution in [3.63, 3.8) is 0 Å². The summed E-state index contributed by atoms with van der Waals surface area (Å²) < 4.78 is 0. The average molecular weight is 903 g/mol. The number of primary amides is 2. The number of hydrogen-bond acceptors (Lipinski definition) is 13. The van der Waals surface area contributed by atoms with Crippen molar-refractivity contribution in [1.29, 1.82) is 10.8 Å². The lowest BCUT2D eigenvalue weighted by molar-refractivity contribution is -0.140. The highest BCUT2D eigenvalue weighted by Crippen LogP contribution is 2.09. The van der Waals surface area contributed by atoms with Crippen LogP contribution in [0.2, 0.25) is 0 Å². The number of carboxylic acids is 2. The van der Waals surface area contributed by atoms with Crippen molar-refractivity contribution in [2.45, 2.75) is 120 Å². The molecule has 8 amide bonds. The van der Waals surface area contributed by atoms with Crippen molar-refractivity contribution < 1.29 is 58.2 Å². The van der Waals surface area contributed by atoms with Crippen LogP contribution in [0.3, 0.4) is 0 Å². The molecule has 20 N–H and O–H groups in total. The van der Waals surface area contributed by atoms with E-state index in [1.807, 2.05) is 0 Å². The molecule has 0 saturated carbocycles. The molecule has 26 nitrogen and oxygen atoms in total. The molecule has 0 saturated heterocycles. The number of carbonyl (C=O) groups excluding carboxylic acids is 8. The summed E-state index contributed by atoms with van der Waals surface area (Å²) in [6.45, 7) is 1.76.